The van der Waals surface area contributed by atoms with Gasteiger partial charge in [0.2, 0.25) is 5.95 Å². The van der Waals surface area contributed by atoms with Crippen LogP contribution in [-0.2, 0) is 0 Å². The molecule has 2 aromatic heterocycles. The minimum atomic E-state index is -0.470. The van der Waals surface area contributed by atoms with E-state index in [1.54, 1.807) is 17.2 Å². The fourth-order valence-corrected chi connectivity index (χ4v) is 4.55. The van der Waals surface area contributed by atoms with Crippen molar-refractivity contribution in [2.75, 3.05) is 31.6 Å². The number of nitrogens with zero attached hydrogens (tertiary/aromatic N) is 2. The van der Waals surface area contributed by atoms with Crippen molar-refractivity contribution in [3.05, 3.63) is 65.6 Å². The van der Waals surface area contributed by atoms with E-state index in [0.29, 0.717) is 17.7 Å². The van der Waals surface area contributed by atoms with Crippen LogP contribution in [0.5, 0.6) is 0 Å². The second-order valence-electron chi connectivity index (χ2n) is 8.63. The first-order valence-electron chi connectivity index (χ1n) is 11.7. The fourth-order valence-electron chi connectivity index (χ4n) is 4.55. The molecule has 33 heavy (non-hydrogen) atoms. The summed E-state index contributed by atoms with van der Waals surface area (Å²) < 4.78 is 0. The topological polar surface area (TPSA) is 107 Å². The third kappa shape index (κ3) is 5.40. The number of aromatic amines is 1. The summed E-state index contributed by atoms with van der Waals surface area (Å²) >= 11 is 0. The maximum atomic E-state index is 12.8. The minimum absolute atomic E-state index is 0.179. The first kappa shape index (κ1) is 22.9. The number of benzene rings is 1. The summed E-state index contributed by atoms with van der Waals surface area (Å²) in [5, 5.41) is 16.0. The second kappa shape index (κ2) is 10.6. The number of aliphatic hydroxyl groups excluding tert-OH is 1. The molecule has 174 valence electrons. The van der Waals surface area contributed by atoms with Crippen LogP contribution in [0.15, 0.2) is 48.8 Å². The van der Waals surface area contributed by atoms with E-state index in [0.717, 1.165) is 35.5 Å². The number of hydrogen-bond acceptors (Lipinski definition) is 5. The lowest BCUT2D eigenvalue weighted by atomic mass is 10.1. The van der Waals surface area contributed by atoms with Gasteiger partial charge in [-0.3, -0.25) is 4.79 Å². The Morgan fingerprint density at radius 3 is 2.91 bits per heavy atom. The monoisotopic (exact) mass is 449 g/mol. The van der Waals surface area contributed by atoms with Crippen molar-refractivity contribution in [2.45, 2.75) is 38.8 Å². The maximum absolute atomic E-state index is 12.8. The number of carbonyl (C=O) groups excluding carboxylic acids is 1. The first-order chi connectivity index (χ1) is 16.1. The van der Waals surface area contributed by atoms with E-state index in [2.05, 4.69) is 27.5 Å². The van der Waals surface area contributed by atoms with Crippen LogP contribution in [0, 0.1) is 6.92 Å². The summed E-state index contributed by atoms with van der Waals surface area (Å²) in [7, 11) is 0. The Bertz CT molecular complexity index is 1070. The Kier molecular flexibility index (Phi) is 7.36. The molecule has 3 heterocycles. The summed E-state index contributed by atoms with van der Waals surface area (Å²) in [6.07, 6.45) is 6.09. The van der Waals surface area contributed by atoms with Crippen LogP contribution in [-0.4, -0.2) is 58.2 Å². The smallest absolute Gasteiger partial charge is 0.268 e. The fraction of sp³-hybridized carbons (Fsp3) is 0.400. The molecular formula is C25H33N6O2+. The second-order valence-corrected chi connectivity index (χ2v) is 8.63. The van der Waals surface area contributed by atoms with Crippen LogP contribution in [0.1, 0.15) is 47.4 Å². The zero-order valence-corrected chi connectivity index (χ0v) is 19.3. The number of likely N-dealkylation sites (N-methyl/N-ethyl adjacent to an activating group) is 1. The van der Waals surface area contributed by atoms with Gasteiger partial charge >= 0.3 is 0 Å². The molecule has 0 radical (unpaired) electrons. The number of aryl methyl sites for hydroxylation is 1. The number of aromatic nitrogens is 3. The van der Waals surface area contributed by atoms with Gasteiger partial charge in [-0.1, -0.05) is 30.3 Å². The zero-order chi connectivity index (χ0) is 23.2. The minimum Gasteiger partial charge on any atom is -0.394 e. The number of H-pyrrole nitrogens is 1. The molecule has 0 aliphatic carbocycles. The van der Waals surface area contributed by atoms with Crippen LogP contribution in [0.25, 0.3) is 11.3 Å². The van der Waals surface area contributed by atoms with E-state index in [1.807, 2.05) is 43.5 Å². The molecule has 1 aliphatic heterocycles. The van der Waals surface area contributed by atoms with Crippen LogP contribution in [0.2, 0.25) is 0 Å². The van der Waals surface area contributed by atoms with Gasteiger partial charge in [0.05, 0.1) is 38.0 Å². The molecule has 8 nitrogen and oxygen atoms in total. The number of amides is 1. The lowest BCUT2D eigenvalue weighted by Crippen LogP contribution is -3.14. The van der Waals surface area contributed by atoms with E-state index >= 15 is 0 Å². The SMILES string of the molecule is CC[NH+]1CCC[C@H]1CNc1ncc(C)c(-c2c[nH]c(C(=O)N[C@H](CO)c3ccccc3)c2)n1. The number of hydrogen-bond donors (Lipinski definition) is 5. The van der Waals surface area contributed by atoms with Gasteiger partial charge in [-0.05, 0) is 31.0 Å². The summed E-state index contributed by atoms with van der Waals surface area (Å²) in [5.41, 5.74) is 3.82. The molecular weight excluding hydrogens is 416 g/mol. The summed E-state index contributed by atoms with van der Waals surface area (Å²) in [6, 6.07) is 11.3. The van der Waals surface area contributed by atoms with Crippen molar-refractivity contribution < 1.29 is 14.8 Å². The first-order valence-corrected chi connectivity index (χ1v) is 11.7. The molecule has 3 atom stereocenters. The highest BCUT2D eigenvalue weighted by molar-refractivity contribution is 5.94. The Hall–Kier alpha value is -3.23. The molecule has 1 amide bonds. The van der Waals surface area contributed by atoms with Gasteiger partial charge in [0.1, 0.15) is 11.7 Å². The maximum Gasteiger partial charge on any atom is 0.268 e. The summed E-state index contributed by atoms with van der Waals surface area (Å²) in [5.74, 6) is 0.327. The third-order valence-electron chi connectivity index (χ3n) is 6.45. The molecule has 1 aliphatic rings. The molecule has 8 heteroatoms. The molecule has 0 bridgehead atoms. The normalized spacial score (nSPS) is 18.8. The molecule has 5 N–H and O–H groups in total. The Morgan fingerprint density at radius 1 is 1.33 bits per heavy atom. The average Bonchev–Trinajstić information content (AvgIpc) is 3.52. The van der Waals surface area contributed by atoms with E-state index < -0.39 is 6.04 Å². The standard InChI is InChI=1S/C25H32N6O2/c1-3-31-11-7-10-20(31)15-28-25-27-13-17(2)23(30-25)19-12-21(26-14-19)24(33)29-22(16-32)18-8-5-4-6-9-18/h4-6,8-9,12-14,20,22,26,32H,3,7,10-11,15-16H2,1-2H3,(H,29,33)(H,27,28,30)/p+1/t20-,22+/m0/s1. The lowest BCUT2D eigenvalue weighted by Gasteiger charge is -2.20. The molecule has 1 aromatic carbocycles. The van der Waals surface area contributed by atoms with Gasteiger partial charge in [-0.15, -0.1) is 0 Å². The highest BCUT2D eigenvalue weighted by Crippen LogP contribution is 2.23. The van der Waals surface area contributed by atoms with E-state index in [4.69, 9.17) is 4.98 Å². The van der Waals surface area contributed by atoms with Gasteiger partial charge in [-0.2, -0.15) is 0 Å². The Balaban J connectivity index is 1.45. The molecule has 1 fully saturated rings. The van der Waals surface area contributed by atoms with Crippen molar-refractivity contribution in [1.29, 1.82) is 0 Å². The van der Waals surface area contributed by atoms with E-state index in [1.165, 1.54) is 19.4 Å². The molecule has 4 rings (SSSR count). The van der Waals surface area contributed by atoms with Crippen LogP contribution in [0.3, 0.4) is 0 Å². The summed E-state index contributed by atoms with van der Waals surface area (Å²) in [6.45, 7) is 7.25. The van der Waals surface area contributed by atoms with Gasteiger partial charge in [-0.25, -0.2) is 9.97 Å². The van der Waals surface area contributed by atoms with E-state index in [-0.39, 0.29) is 12.5 Å². The zero-order valence-electron chi connectivity index (χ0n) is 19.3. The number of anilines is 1. The van der Waals surface area contributed by atoms with Crippen molar-refractivity contribution >= 4 is 11.9 Å². The van der Waals surface area contributed by atoms with Crippen LogP contribution >= 0.6 is 0 Å². The number of likely N-dealkylation sites (tertiary alicyclic amines) is 1. The van der Waals surface area contributed by atoms with Gasteiger partial charge in [0, 0.05) is 30.8 Å². The molecule has 0 saturated carbocycles. The number of aliphatic hydroxyl groups is 1. The Morgan fingerprint density at radius 2 is 2.15 bits per heavy atom. The average molecular weight is 450 g/mol. The van der Waals surface area contributed by atoms with Gasteiger partial charge in [0.15, 0.2) is 0 Å². The third-order valence-corrected chi connectivity index (χ3v) is 6.45. The number of nitrogens with one attached hydrogen (secondary N) is 4. The van der Waals surface area contributed by atoms with Crippen molar-refractivity contribution in [3.63, 3.8) is 0 Å². The summed E-state index contributed by atoms with van der Waals surface area (Å²) in [4.78, 5) is 26.6. The predicted octanol–water partition coefficient (Wildman–Crippen LogP) is 1.72. The molecule has 0 spiro atoms. The number of carbonyl (C=O) groups is 1. The van der Waals surface area contributed by atoms with E-state index in [9.17, 15) is 9.90 Å². The molecule has 3 aromatic rings. The Labute approximate surface area is 194 Å². The largest absolute Gasteiger partial charge is 0.394 e. The van der Waals surface area contributed by atoms with Crippen LogP contribution < -0.4 is 15.5 Å². The molecule has 1 unspecified atom stereocenters. The van der Waals surface area contributed by atoms with Gasteiger partial charge < -0.3 is 25.6 Å². The van der Waals surface area contributed by atoms with Crippen molar-refractivity contribution in [1.82, 2.24) is 20.3 Å². The highest BCUT2D eigenvalue weighted by Gasteiger charge is 2.27. The number of quaternary nitrogens is 1. The van der Waals surface area contributed by atoms with Gasteiger partial charge in [0.25, 0.3) is 5.91 Å². The van der Waals surface area contributed by atoms with Crippen molar-refractivity contribution in [2.24, 2.45) is 0 Å². The van der Waals surface area contributed by atoms with Crippen molar-refractivity contribution in [3.8, 4) is 11.3 Å². The number of rotatable bonds is 9. The highest BCUT2D eigenvalue weighted by atomic mass is 16.3. The lowest BCUT2D eigenvalue weighted by molar-refractivity contribution is -0.908. The van der Waals surface area contributed by atoms with Crippen LogP contribution in [0.4, 0.5) is 5.95 Å². The quantitative estimate of drug-likeness (QED) is 0.342. The molecule has 1 saturated heterocycles. The predicted molar refractivity (Wildman–Crippen MR) is 128 cm³/mol.